The summed E-state index contributed by atoms with van der Waals surface area (Å²) in [6.45, 7) is 6.02. The van der Waals surface area contributed by atoms with Gasteiger partial charge in [0.25, 0.3) is 0 Å². The third-order valence-electron chi connectivity index (χ3n) is 6.25. The van der Waals surface area contributed by atoms with Crippen molar-refractivity contribution in [2.45, 2.75) is 50.6 Å². The number of nitrogens with one attached hydrogen (secondary N) is 1. The van der Waals surface area contributed by atoms with E-state index in [1.165, 1.54) is 23.9 Å². The summed E-state index contributed by atoms with van der Waals surface area (Å²) < 4.78 is 45.5. The number of halogens is 3. The van der Waals surface area contributed by atoms with Crippen molar-refractivity contribution in [1.82, 2.24) is 15.0 Å². The second-order valence-electron chi connectivity index (χ2n) is 8.70. The van der Waals surface area contributed by atoms with Gasteiger partial charge in [0.05, 0.1) is 28.8 Å². The molecule has 0 unspecified atom stereocenters. The number of aliphatic hydroxyl groups is 1. The average Bonchev–Trinajstić information content (AvgIpc) is 3.50. The van der Waals surface area contributed by atoms with Gasteiger partial charge < -0.3 is 15.2 Å². The number of ether oxygens (including phenoxy) is 1. The van der Waals surface area contributed by atoms with Crippen LogP contribution in [0.5, 0.6) is 0 Å². The number of alkyl halides is 3. The summed E-state index contributed by atoms with van der Waals surface area (Å²) in [6, 6.07) is 1.59. The van der Waals surface area contributed by atoms with Crippen LogP contribution in [0.2, 0.25) is 0 Å². The summed E-state index contributed by atoms with van der Waals surface area (Å²) in [6.07, 6.45) is -1.49. The number of fused-ring (bicyclic) bond motifs is 1. The Morgan fingerprint density at radius 3 is 2.83 bits per heavy atom. The minimum atomic E-state index is -4.52. The second kappa shape index (κ2) is 9.23. The quantitative estimate of drug-likeness (QED) is 0.472. The first-order valence-electron chi connectivity index (χ1n) is 11.0. The van der Waals surface area contributed by atoms with Gasteiger partial charge in [-0.2, -0.15) is 13.2 Å². The predicted molar refractivity (Wildman–Crippen MR) is 125 cm³/mol. The van der Waals surface area contributed by atoms with Crippen LogP contribution in [-0.4, -0.2) is 44.6 Å². The van der Waals surface area contributed by atoms with Crippen LogP contribution in [0.15, 0.2) is 18.6 Å². The van der Waals surface area contributed by atoms with Gasteiger partial charge >= 0.3 is 6.18 Å². The molecule has 4 heterocycles. The Bertz CT molecular complexity index is 1250. The Balaban J connectivity index is 1.43. The molecule has 1 fully saturated rings. The molecule has 1 radical (unpaired) electrons. The van der Waals surface area contributed by atoms with E-state index >= 15 is 0 Å². The largest absolute Gasteiger partial charge is 0.443 e. The highest BCUT2D eigenvalue weighted by atomic mass is 32.1. The van der Waals surface area contributed by atoms with Crippen molar-refractivity contribution >= 4 is 34.3 Å². The van der Waals surface area contributed by atoms with Crippen LogP contribution in [0.4, 0.5) is 19.0 Å². The molecule has 0 aromatic carbocycles. The molecule has 35 heavy (non-hydrogen) atoms. The molecule has 12 heteroatoms. The first-order valence-corrected chi connectivity index (χ1v) is 12.7. The van der Waals surface area contributed by atoms with Gasteiger partial charge in [-0.05, 0) is 38.7 Å². The van der Waals surface area contributed by atoms with Crippen LogP contribution in [-0.2, 0) is 17.3 Å². The maximum absolute atomic E-state index is 13.4. The Morgan fingerprint density at radius 2 is 2.11 bits per heavy atom. The van der Waals surface area contributed by atoms with Crippen molar-refractivity contribution in [3.63, 3.8) is 0 Å². The maximum atomic E-state index is 13.4. The van der Waals surface area contributed by atoms with Crippen LogP contribution >= 0.6 is 22.7 Å². The average molecular weight is 524 g/mol. The number of aryl methyl sites for hydroxylation is 1. The van der Waals surface area contributed by atoms with Gasteiger partial charge in [0.15, 0.2) is 5.01 Å². The highest BCUT2D eigenvalue weighted by Crippen LogP contribution is 2.43. The second-order valence-corrected chi connectivity index (χ2v) is 11.0. The van der Waals surface area contributed by atoms with Crippen molar-refractivity contribution in [3.05, 3.63) is 62.0 Å². The van der Waals surface area contributed by atoms with Crippen LogP contribution in [0, 0.1) is 19.8 Å². The molecule has 3 aromatic rings. The zero-order valence-corrected chi connectivity index (χ0v) is 20.3. The van der Waals surface area contributed by atoms with Crippen molar-refractivity contribution in [2.75, 3.05) is 11.9 Å². The van der Waals surface area contributed by atoms with E-state index in [4.69, 9.17) is 4.74 Å². The Morgan fingerprint density at radius 1 is 1.31 bits per heavy atom. The Kier molecular flexibility index (Phi) is 6.41. The molecule has 0 amide bonds. The van der Waals surface area contributed by atoms with Crippen molar-refractivity contribution in [1.29, 1.82) is 0 Å². The summed E-state index contributed by atoms with van der Waals surface area (Å²) in [5.74, 6) is -0.0307. The molecule has 7 nitrogen and oxygen atoms in total. The van der Waals surface area contributed by atoms with Crippen LogP contribution < -0.4 is 5.32 Å². The van der Waals surface area contributed by atoms with Gasteiger partial charge in [-0.3, -0.25) is 4.79 Å². The summed E-state index contributed by atoms with van der Waals surface area (Å²) in [7, 11) is 0. The number of ketones is 1. The Hall–Kier alpha value is -2.41. The van der Waals surface area contributed by atoms with Crippen molar-refractivity contribution in [2.24, 2.45) is 5.92 Å². The van der Waals surface area contributed by atoms with E-state index in [9.17, 15) is 23.1 Å². The van der Waals surface area contributed by atoms with Crippen LogP contribution in [0.3, 0.4) is 0 Å². The smallest absolute Gasteiger partial charge is 0.393 e. The SMILES string of the molecule is [CH2][C@@H]1C[C@@H](Nc2ncncc2C(=O)c2cc([C@H]3OCCc4sc(C(F)(F)F)nc43)c(C)s2)C[C@@H]1O. The number of anilines is 1. The number of carbonyl (C=O) groups is 1. The Labute approximate surface area is 207 Å². The first kappa shape index (κ1) is 24.3. The molecule has 0 saturated heterocycles. The molecule has 185 valence electrons. The molecule has 1 aliphatic heterocycles. The highest BCUT2D eigenvalue weighted by Gasteiger charge is 2.39. The third-order valence-corrected chi connectivity index (χ3v) is 8.49. The van der Waals surface area contributed by atoms with E-state index in [0.717, 1.165) is 4.88 Å². The summed E-state index contributed by atoms with van der Waals surface area (Å²) in [4.78, 5) is 27.2. The molecule has 4 atom stereocenters. The van der Waals surface area contributed by atoms with Gasteiger partial charge in [-0.25, -0.2) is 15.0 Å². The van der Waals surface area contributed by atoms with Crippen LogP contribution in [0.1, 0.15) is 60.2 Å². The molecular formula is C23H22F3N4O3S2. The van der Waals surface area contributed by atoms with Gasteiger partial charge in [-0.1, -0.05) is 0 Å². The lowest BCUT2D eigenvalue weighted by atomic mass is 10.0. The number of hydrogen-bond acceptors (Lipinski definition) is 9. The fourth-order valence-corrected chi connectivity index (χ4v) is 6.42. The number of nitrogens with zero attached hydrogens (tertiary/aromatic N) is 3. The molecule has 1 saturated carbocycles. The topological polar surface area (TPSA) is 97.2 Å². The summed E-state index contributed by atoms with van der Waals surface area (Å²) in [5, 5.41) is 12.3. The van der Waals surface area contributed by atoms with E-state index in [1.54, 1.807) is 13.0 Å². The molecule has 0 spiro atoms. The fraction of sp³-hybridized carbons (Fsp3) is 0.435. The molecule has 2 aliphatic rings. The van der Waals surface area contributed by atoms with E-state index < -0.39 is 23.4 Å². The predicted octanol–water partition coefficient (Wildman–Crippen LogP) is 4.60. The molecular weight excluding hydrogens is 501 g/mol. The van der Waals surface area contributed by atoms with E-state index in [0.29, 0.717) is 51.7 Å². The fourth-order valence-electron chi connectivity index (χ4n) is 4.48. The number of aromatic nitrogens is 3. The monoisotopic (exact) mass is 523 g/mol. The highest BCUT2D eigenvalue weighted by molar-refractivity contribution is 7.14. The van der Waals surface area contributed by atoms with E-state index in [2.05, 4.69) is 27.2 Å². The number of thiazole rings is 1. The third kappa shape index (κ3) is 4.72. The molecule has 3 aromatic heterocycles. The molecule has 0 bridgehead atoms. The number of aliphatic hydroxyl groups excluding tert-OH is 1. The van der Waals surface area contributed by atoms with Crippen molar-refractivity contribution < 1.29 is 27.8 Å². The van der Waals surface area contributed by atoms with Gasteiger partial charge in [-0.15, -0.1) is 22.7 Å². The normalized spacial score (nSPS) is 24.4. The summed E-state index contributed by atoms with van der Waals surface area (Å²) in [5.41, 5.74) is 1.17. The molecule has 2 N–H and O–H groups in total. The zero-order valence-electron chi connectivity index (χ0n) is 18.6. The number of hydrogen-bond donors (Lipinski definition) is 2. The van der Waals surface area contributed by atoms with Crippen LogP contribution in [0.25, 0.3) is 0 Å². The minimum absolute atomic E-state index is 0.0730. The molecule has 5 rings (SSSR count). The standard InChI is InChI=1S/C23H22F3N4O3S2/c1-10-5-12(6-15(10)31)29-21-14(8-27-9-28-21)19(32)17-7-13(11(2)34-17)20-18-16(3-4-33-20)35-22(30-18)23(24,25)26/h7-10,12,15,20,31H,1,3-6H2,2H3,(H,27,28,29)/t10-,12-,15+,20-/m1/s1. The number of carbonyl (C=O) groups excluding carboxylic acids is 1. The minimum Gasteiger partial charge on any atom is -0.393 e. The summed E-state index contributed by atoms with van der Waals surface area (Å²) >= 11 is 1.89. The van der Waals surface area contributed by atoms with E-state index in [-0.39, 0.29) is 35.6 Å². The zero-order chi connectivity index (χ0) is 24.9. The van der Waals surface area contributed by atoms with Gasteiger partial charge in [0.1, 0.15) is 18.2 Å². The van der Waals surface area contributed by atoms with Gasteiger partial charge in [0.2, 0.25) is 5.78 Å². The number of thiophene rings is 1. The number of rotatable bonds is 5. The first-order chi connectivity index (χ1) is 16.6. The van der Waals surface area contributed by atoms with E-state index in [1.807, 2.05) is 0 Å². The van der Waals surface area contributed by atoms with Gasteiger partial charge in [0, 0.05) is 34.0 Å². The molecule has 1 aliphatic carbocycles. The van der Waals surface area contributed by atoms with Crippen molar-refractivity contribution in [3.8, 4) is 0 Å². The lowest BCUT2D eigenvalue weighted by Crippen LogP contribution is -2.20. The maximum Gasteiger partial charge on any atom is 0.443 e. The lowest BCUT2D eigenvalue weighted by Gasteiger charge is -2.22. The lowest BCUT2D eigenvalue weighted by molar-refractivity contribution is -0.137.